The van der Waals surface area contributed by atoms with Crippen molar-refractivity contribution in [2.75, 3.05) is 18.7 Å². The zero-order chi connectivity index (χ0) is 20.1. The van der Waals surface area contributed by atoms with Crippen molar-refractivity contribution in [3.05, 3.63) is 76.0 Å². The Kier molecular flexibility index (Phi) is 6.12. The Morgan fingerprint density at radius 1 is 1.10 bits per heavy atom. The van der Waals surface area contributed by atoms with Crippen LogP contribution >= 0.6 is 11.3 Å². The van der Waals surface area contributed by atoms with Gasteiger partial charge in [0.1, 0.15) is 0 Å². The van der Waals surface area contributed by atoms with E-state index in [9.17, 15) is 4.79 Å². The van der Waals surface area contributed by atoms with Crippen molar-refractivity contribution in [1.29, 1.82) is 0 Å². The van der Waals surface area contributed by atoms with Gasteiger partial charge in [-0.3, -0.25) is 10.1 Å². The summed E-state index contributed by atoms with van der Waals surface area (Å²) < 4.78 is 10.7. The molecule has 5 nitrogen and oxygen atoms in total. The molecule has 150 valence electrons. The van der Waals surface area contributed by atoms with E-state index in [1.807, 2.05) is 12.1 Å². The molecule has 1 amide bonds. The van der Waals surface area contributed by atoms with Crippen molar-refractivity contribution in [2.45, 2.75) is 25.8 Å². The van der Waals surface area contributed by atoms with Crippen LogP contribution in [-0.4, -0.2) is 19.2 Å². The van der Waals surface area contributed by atoms with Gasteiger partial charge in [-0.25, -0.2) is 0 Å². The van der Waals surface area contributed by atoms with Crippen LogP contribution in [0.4, 0.5) is 5.69 Å². The van der Waals surface area contributed by atoms with Gasteiger partial charge in [-0.15, -0.1) is 11.3 Å². The van der Waals surface area contributed by atoms with Gasteiger partial charge in [0.25, 0.3) is 0 Å². The zero-order valence-corrected chi connectivity index (χ0v) is 17.1. The molecule has 1 aromatic heterocycles. The Morgan fingerprint density at radius 3 is 2.69 bits per heavy atom. The van der Waals surface area contributed by atoms with Gasteiger partial charge in [0, 0.05) is 16.6 Å². The quantitative estimate of drug-likeness (QED) is 0.565. The van der Waals surface area contributed by atoms with Crippen LogP contribution in [0.15, 0.2) is 60.0 Å². The first-order valence-electron chi connectivity index (χ1n) is 9.78. The van der Waals surface area contributed by atoms with E-state index in [2.05, 4.69) is 53.3 Å². The van der Waals surface area contributed by atoms with E-state index in [4.69, 9.17) is 9.47 Å². The molecule has 3 aromatic rings. The lowest BCUT2D eigenvalue weighted by Crippen LogP contribution is -2.31. The molecule has 0 bridgehead atoms. The van der Waals surface area contributed by atoms with E-state index in [-0.39, 0.29) is 25.3 Å². The van der Waals surface area contributed by atoms with Crippen LogP contribution in [0.2, 0.25) is 0 Å². The average Bonchev–Trinajstić information content (AvgIpc) is 3.41. The number of aryl methyl sites for hydroxylation is 1. The lowest BCUT2D eigenvalue weighted by Gasteiger charge is -2.18. The molecule has 29 heavy (non-hydrogen) atoms. The number of thiophene rings is 1. The van der Waals surface area contributed by atoms with Crippen molar-refractivity contribution in [1.82, 2.24) is 5.32 Å². The van der Waals surface area contributed by atoms with Crippen LogP contribution in [0.25, 0.3) is 0 Å². The molecule has 0 saturated carbocycles. The second kappa shape index (κ2) is 9.11. The molecule has 6 heteroatoms. The van der Waals surface area contributed by atoms with Gasteiger partial charge < -0.3 is 14.8 Å². The van der Waals surface area contributed by atoms with Crippen LogP contribution in [0, 0.1) is 0 Å². The number of ether oxygens (including phenoxy) is 2. The molecule has 0 radical (unpaired) electrons. The number of carbonyl (C=O) groups is 1. The number of carbonyl (C=O) groups excluding carboxylic acids is 1. The molecule has 0 saturated heterocycles. The Balaban J connectivity index is 1.42. The number of nitrogens with one attached hydrogen (secondary N) is 2. The minimum absolute atomic E-state index is 0.0202. The predicted molar refractivity (Wildman–Crippen MR) is 116 cm³/mol. The predicted octanol–water partition coefficient (Wildman–Crippen LogP) is 4.75. The second-order valence-electron chi connectivity index (χ2n) is 6.94. The maximum atomic E-state index is 12.5. The molecule has 0 fully saturated rings. The molecule has 1 aliphatic rings. The fourth-order valence-corrected chi connectivity index (χ4v) is 4.20. The summed E-state index contributed by atoms with van der Waals surface area (Å²) in [5.41, 5.74) is 3.18. The summed E-state index contributed by atoms with van der Waals surface area (Å²) in [5.74, 6) is 1.25. The monoisotopic (exact) mass is 408 g/mol. The summed E-state index contributed by atoms with van der Waals surface area (Å²) in [4.78, 5) is 13.7. The van der Waals surface area contributed by atoms with Gasteiger partial charge in [-0.05, 0) is 41.1 Å². The lowest BCUT2D eigenvalue weighted by molar-refractivity contribution is -0.115. The molecule has 4 rings (SSSR count). The standard InChI is InChI=1S/C23H24N2O3S/c1-2-4-16-6-8-17(9-7-16)23(21-5-3-12-29-21)24-14-22(26)25-18-10-11-19-20(13-18)28-15-27-19/h3,5-13,23-24H,2,4,14-15H2,1H3,(H,25,26)/t23-/m0/s1. The molecular formula is C23H24N2O3S. The van der Waals surface area contributed by atoms with Gasteiger partial charge in [-0.2, -0.15) is 0 Å². The summed E-state index contributed by atoms with van der Waals surface area (Å²) in [7, 11) is 0. The molecule has 1 atom stereocenters. The average molecular weight is 409 g/mol. The van der Waals surface area contributed by atoms with Gasteiger partial charge in [-0.1, -0.05) is 43.7 Å². The first-order chi connectivity index (χ1) is 14.2. The number of anilines is 1. The first kappa shape index (κ1) is 19.5. The summed E-state index contributed by atoms with van der Waals surface area (Å²) in [6, 6.07) is 18.2. The molecular weight excluding hydrogens is 384 g/mol. The zero-order valence-electron chi connectivity index (χ0n) is 16.3. The lowest BCUT2D eigenvalue weighted by atomic mass is 10.0. The molecule has 1 aliphatic heterocycles. The van der Waals surface area contributed by atoms with Gasteiger partial charge in [0.2, 0.25) is 12.7 Å². The Hall–Kier alpha value is -2.83. The molecule has 2 heterocycles. The number of benzene rings is 2. The van der Waals surface area contributed by atoms with Crippen molar-refractivity contribution < 1.29 is 14.3 Å². The fraction of sp³-hybridized carbons (Fsp3) is 0.261. The molecule has 0 spiro atoms. The van der Waals surface area contributed by atoms with Gasteiger partial charge in [0.15, 0.2) is 11.5 Å². The normalized spacial score (nSPS) is 13.3. The highest BCUT2D eigenvalue weighted by Gasteiger charge is 2.17. The number of hydrogen-bond donors (Lipinski definition) is 2. The summed E-state index contributed by atoms with van der Waals surface area (Å²) in [5, 5.41) is 8.38. The molecule has 2 aromatic carbocycles. The maximum Gasteiger partial charge on any atom is 0.238 e. The smallest absolute Gasteiger partial charge is 0.238 e. The largest absolute Gasteiger partial charge is 0.454 e. The highest BCUT2D eigenvalue weighted by Crippen LogP contribution is 2.34. The highest BCUT2D eigenvalue weighted by molar-refractivity contribution is 7.10. The second-order valence-corrected chi connectivity index (χ2v) is 7.92. The van der Waals surface area contributed by atoms with Crippen LogP contribution in [0.5, 0.6) is 11.5 Å². The SMILES string of the molecule is CCCc1ccc([C@H](NCC(=O)Nc2ccc3c(c2)OCO3)c2cccs2)cc1. The summed E-state index contributed by atoms with van der Waals surface area (Å²) in [6.45, 7) is 2.60. The number of rotatable bonds is 8. The Labute approximate surface area is 174 Å². The third-order valence-corrected chi connectivity index (χ3v) is 5.74. The van der Waals surface area contributed by atoms with E-state index in [1.54, 1.807) is 23.5 Å². The van der Waals surface area contributed by atoms with Crippen molar-refractivity contribution in [3.63, 3.8) is 0 Å². The Morgan fingerprint density at radius 2 is 1.93 bits per heavy atom. The Bertz CT molecular complexity index is 955. The molecule has 0 aliphatic carbocycles. The van der Waals surface area contributed by atoms with Crippen molar-refractivity contribution in [2.24, 2.45) is 0 Å². The van der Waals surface area contributed by atoms with Crippen LogP contribution < -0.4 is 20.1 Å². The molecule has 2 N–H and O–H groups in total. The van der Waals surface area contributed by atoms with Crippen molar-refractivity contribution in [3.8, 4) is 11.5 Å². The van der Waals surface area contributed by atoms with E-state index in [0.29, 0.717) is 17.2 Å². The van der Waals surface area contributed by atoms with Crippen LogP contribution in [-0.2, 0) is 11.2 Å². The molecule has 0 unspecified atom stereocenters. The third kappa shape index (κ3) is 4.78. The highest BCUT2D eigenvalue weighted by atomic mass is 32.1. The van der Waals surface area contributed by atoms with E-state index < -0.39 is 0 Å². The third-order valence-electron chi connectivity index (χ3n) is 4.80. The number of hydrogen-bond acceptors (Lipinski definition) is 5. The summed E-state index contributed by atoms with van der Waals surface area (Å²) >= 11 is 1.68. The summed E-state index contributed by atoms with van der Waals surface area (Å²) in [6.07, 6.45) is 2.21. The van der Waals surface area contributed by atoms with Crippen LogP contribution in [0.1, 0.15) is 35.4 Å². The van der Waals surface area contributed by atoms with E-state index in [1.165, 1.54) is 10.4 Å². The van der Waals surface area contributed by atoms with E-state index >= 15 is 0 Å². The fourth-order valence-electron chi connectivity index (χ4n) is 3.38. The number of fused-ring (bicyclic) bond motifs is 1. The van der Waals surface area contributed by atoms with Gasteiger partial charge >= 0.3 is 0 Å². The first-order valence-corrected chi connectivity index (χ1v) is 10.7. The minimum Gasteiger partial charge on any atom is -0.454 e. The van der Waals surface area contributed by atoms with Crippen LogP contribution in [0.3, 0.4) is 0 Å². The minimum atomic E-state index is -0.104. The maximum absolute atomic E-state index is 12.5. The van der Waals surface area contributed by atoms with Crippen molar-refractivity contribution >= 4 is 22.9 Å². The number of amides is 1. The van der Waals surface area contributed by atoms with E-state index in [0.717, 1.165) is 18.4 Å². The van der Waals surface area contributed by atoms with Gasteiger partial charge in [0.05, 0.1) is 12.6 Å². The topological polar surface area (TPSA) is 59.6 Å².